The molecule has 2 heterocycles. The number of aliphatic hydroxyl groups is 1. The number of likely N-dealkylation sites (tertiary alicyclic amines) is 1. The van der Waals surface area contributed by atoms with E-state index in [9.17, 15) is 19.5 Å². The molecular weight excluding hydrogens is 682 g/mol. The Morgan fingerprint density at radius 3 is 2.36 bits per heavy atom. The number of benzene rings is 1. The number of ether oxygens (including phenoxy) is 6. The van der Waals surface area contributed by atoms with E-state index in [0.29, 0.717) is 135 Å². The average molecular weight is 744 g/mol. The molecule has 2 bridgehead atoms. The molecule has 5 aliphatic rings. The van der Waals surface area contributed by atoms with Gasteiger partial charge in [0.05, 0.1) is 50.7 Å². The fourth-order valence-corrected chi connectivity index (χ4v) is 9.03. The molecule has 3 N–H and O–H groups in total. The fourth-order valence-electron chi connectivity index (χ4n) is 9.03. The minimum Gasteiger partial charge on any atom is -0.477 e. The van der Waals surface area contributed by atoms with Gasteiger partial charge in [0.2, 0.25) is 0 Å². The van der Waals surface area contributed by atoms with Crippen molar-refractivity contribution in [1.29, 1.82) is 0 Å². The van der Waals surface area contributed by atoms with Gasteiger partial charge in [0.15, 0.2) is 23.4 Å². The van der Waals surface area contributed by atoms with Crippen molar-refractivity contribution in [3.63, 3.8) is 0 Å². The number of nitrogens with two attached hydrogens (primary N) is 1. The zero-order valence-electron chi connectivity index (χ0n) is 31.7. The lowest BCUT2D eigenvalue weighted by Crippen LogP contribution is -2.76. The minimum absolute atomic E-state index is 0.00956. The number of carbonyl (C=O) groups excluding carboxylic acids is 3. The second-order valence-corrected chi connectivity index (χ2v) is 15.5. The maximum Gasteiger partial charge on any atom is 0.415 e. The van der Waals surface area contributed by atoms with Crippen LogP contribution in [0.15, 0.2) is 12.1 Å². The Kier molecular flexibility index (Phi) is 14.2. The highest BCUT2D eigenvalue weighted by Crippen LogP contribution is 2.65. The molecule has 13 heteroatoms. The van der Waals surface area contributed by atoms with E-state index < -0.39 is 23.2 Å². The van der Waals surface area contributed by atoms with Crippen LogP contribution in [0.4, 0.5) is 4.79 Å². The van der Waals surface area contributed by atoms with E-state index >= 15 is 0 Å². The molecule has 2 aliphatic heterocycles. The number of ketones is 2. The first kappa shape index (κ1) is 40.0. The number of Topliss-reactive ketones (excluding diaryl/α,β-unsaturated/α-hetero) is 2. The summed E-state index contributed by atoms with van der Waals surface area (Å²) in [4.78, 5) is 43.7. The number of amides is 1. The van der Waals surface area contributed by atoms with E-state index in [-0.39, 0.29) is 24.0 Å². The molecule has 2 saturated carbocycles. The van der Waals surface area contributed by atoms with Gasteiger partial charge >= 0.3 is 6.09 Å². The molecule has 0 unspecified atom stereocenters. The molecule has 0 radical (unpaired) electrons. The van der Waals surface area contributed by atoms with E-state index in [1.54, 1.807) is 18.1 Å². The minimum atomic E-state index is -1.08. The number of nitrogens with zero attached hydrogens (tertiary/aromatic N) is 2. The number of hydrogen-bond donors (Lipinski definition) is 2. The number of methoxy groups -OCH3 is 1. The molecule has 296 valence electrons. The van der Waals surface area contributed by atoms with Gasteiger partial charge in [-0.15, -0.1) is 0 Å². The van der Waals surface area contributed by atoms with Crippen molar-refractivity contribution in [1.82, 2.24) is 9.80 Å². The van der Waals surface area contributed by atoms with Gasteiger partial charge in [-0.25, -0.2) is 4.79 Å². The van der Waals surface area contributed by atoms with Crippen molar-refractivity contribution in [3.8, 4) is 11.5 Å². The normalized spacial score (nSPS) is 25.6. The lowest BCUT2D eigenvalue weighted by molar-refractivity contribution is -0.188. The van der Waals surface area contributed by atoms with Crippen molar-refractivity contribution >= 4 is 17.7 Å². The van der Waals surface area contributed by atoms with Crippen molar-refractivity contribution in [2.24, 2.45) is 11.7 Å². The van der Waals surface area contributed by atoms with E-state index in [1.165, 1.54) is 12.8 Å². The van der Waals surface area contributed by atoms with Crippen molar-refractivity contribution in [2.45, 2.75) is 107 Å². The molecule has 3 fully saturated rings. The summed E-state index contributed by atoms with van der Waals surface area (Å²) in [5, 5.41) is 12.5. The second kappa shape index (κ2) is 18.8. The third-order valence-corrected chi connectivity index (χ3v) is 11.9. The number of unbranched alkanes of at least 4 members (excludes halogenated alkanes) is 2. The lowest BCUT2D eigenvalue weighted by atomic mass is 9.49. The van der Waals surface area contributed by atoms with E-state index in [0.717, 1.165) is 37.1 Å². The Morgan fingerprint density at radius 1 is 0.943 bits per heavy atom. The second-order valence-electron chi connectivity index (χ2n) is 15.5. The van der Waals surface area contributed by atoms with Gasteiger partial charge in [0.25, 0.3) is 0 Å². The first-order valence-electron chi connectivity index (χ1n) is 20.0. The van der Waals surface area contributed by atoms with Crippen molar-refractivity contribution < 1.29 is 47.9 Å². The van der Waals surface area contributed by atoms with Crippen LogP contribution in [0.25, 0.3) is 0 Å². The third-order valence-electron chi connectivity index (χ3n) is 11.9. The monoisotopic (exact) mass is 743 g/mol. The number of piperidine rings is 1. The summed E-state index contributed by atoms with van der Waals surface area (Å²) in [6, 6.07) is 3.73. The first-order chi connectivity index (χ1) is 25.8. The Balaban J connectivity index is 0.958. The first-order valence-corrected chi connectivity index (χ1v) is 20.0. The summed E-state index contributed by atoms with van der Waals surface area (Å²) < 4.78 is 33.9. The van der Waals surface area contributed by atoms with Gasteiger partial charge in [-0.2, -0.15) is 0 Å². The van der Waals surface area contributed by atoms with Crippen molar-refractivity contribution in [3.05, 3.63) is 23.3 Å². The van der Waals surface area contributed by atoms with E-state index in [2.05, 4.69) is 4.90 Å². The SMILES string of the molecule is COCCOCCOCCOCCCCC(=O)CCCCN(CCCN)C(=O)Oc1ccc2c3c1O[C@H]1C(=O)CC[C@@]4(O)[C@@H](C2)N(CC2CC2)CC[C@]314. The average Bonchev–Trinajstić information content (AvgIpc) is 3.90. The summed E-state index contributed by atoms with van der Waals surface area (Å²) in [6.07, 6.45) is 7.74. The predicted molar refractivity (Wildman–Crippen MR) is 196 cm³/mol. The van der Waals surface area contributed by atoms with Gasteiger partial charge in [0, 0.05) is 64.2 Å². The molecular formula is C40H61N3O10. The Morgan fingerprint density at radius 2 is 1.64 bits per heavy atom. The van der Waals surface area contributed by atoms with Gasteiger partial charge < -0.3 is 44.2 Å². The third kappa shape index (κ3) is 9.09. The van der Waals surface area contributed by atoms with Crippen LogP contribution in [-0.4, -0.2) is 136 Å². The number of hydrogen-bond acceptors (Lipinski definition) is 12. The van der Waals surface area contributed by atoms with Crippen LogP contribution in [0, 0.1) is 5.92 Å². The number of carbonyl (C=O) groups is 3. The smallest absolute Gasteiger partial charge is 0.415 e. The molecule has 53 heavy (non-hydrogen) atoms. The van der Waals surface area contributed by atoms with Crippen LogP contribution >= 0.6 is 0 Å². The molecule has 4 atom stereocenters. The van der Waals surface area contributed by atoms with Crippen LogP contribution in [0.5, 0.6) is 11.5 Å². The van der Waals surface area contributed by atoms with Gasteiger partial charge in [0.1, 0.15) is 5.78 Å². The Labute approximate surface area is 314 Å². The fraction of sp³-hybridized carbons (Fsp3) is 0.775. The van der Waals surface area contributed by atoms with Crippen LogP contribution < -0.4 is 15.2 Å². The van der Waals surface area contributed by atoms with Crippen LogP contribution in [0.3, 0.4) is 0 Å². The highest BCUT2D eigenvalue weighted by Gasteiger charge is 2.73. The summed E-state index contributed by atoms with van der Waals surface area (Å²) in [6.45, 7) is 6.91. The standard InChI is InChI=1S/C40H61N3O10/c1-48-21-22-50-25-26-51-24-23-49-20-5-3-8-31(44)7-2-4-17-42(18-6-16-41)38(46)52-33-12-11-30-27-34-40(47)14-13-32(45)37-39(40,35(30)36(33)53-37)15-19-43(34)28-29-9-10-29/h11-12,29,34,37,47H,2-10,13-28,41H2,1H3/t34-,37+,39+,40-/m1/s1. The molecule has 1 aromatic rings. The zero-order chi connectivity index (χ0) is 37.3. The number of rotatable bonds is 25. The maximum atomic E-state index is 13.7. The highest BCUT2D eigenvalue weighted by molar-refractivity contribution is 5.90. The van der Waals surface area contributed by atoms with Gasteiger partial charge in [-0.05, 0) is 94.8 Å². The van der Waals surface area contributed by atoms with Gasteiger partial charge in [-0.3, -0.25) is 14.5 Å². The lowest BCUT2D eigenvalue weighted by Gasteiger charge is -2.62. The quantitative estimate of drug-likeness (QED) is 0.141. The van der Waals surface area contributed by atoms with E-state index in [1.807, 2.05) is 6.07 Å². The molecule has 13 nitrogen and oxygen atoms in total. The summed E-state index contributed by atoms with van der Waals surface area (Å²) >= 11 is 0. The highest BCUT2D eigenvalue weighted by atomic mass is 16.6. The Hall–Kier alpha value is -2.65. The van der Waals surface area contributed by atoms with Crippen LogP contribution in [0.1, 0.15) is 88.2 Å². The molecule has 1 saturated heterocycles. The molecule has 1 aromatic carbocycles. The van der Waals surface area contributed by atoms with Crippen LogP contribution in [-0.2, 0) is 40.4 Å². The molecule has 0 aromatic heterocycles. The zero-order valence-corrected chi connectivity index (χ0v) is 31.7. The summed E-state index contributed by atoms with van der Waals surface area (Å²) in [5.41, 5.74) is 5.85. The molecule has 3 aliphatic carbocycles. The molecule has 6 rings (SSSR count). The van der Waals surface area contributed by atoms with E-state index in [4.69, 9.17) is 34.2 Å². The summed E-state index contributed by atoms with van der Waals surface area (Å²) in [5.74, 6) is 1.65. The van der Waals surface area contributed by atoms with Crippen LogP contribution in [0.2, 0.25) is 0 Å². The summed E-state index contributed by atoms with van der Waals surface area (Å²) in [7, 11) is 1.64. The predicted octanol–water partition coefficient (Wildman–Crippen LogP) is 3.58. The largest absolute Gasteiger partial charge is 0.477 e. The molecule has 1 spiro atoms. The Bertz CT molecular complexity index is 1410. The van der Waals surface area contributed by atoms with Gasteiger partial charge in [-0.1, -0.05) is 6.07 Å². The maximum absolute atomic E-state index is 13.7. The van der Waals surface area contributed by atoms with Crippen molar-refractivity contribution in [2.75, 3.05) is 86.1 Å². The topological polar surface area (TPSA) is 159 Å². The molecule has 1 amide bonds.